The minimum absolute atomic E-state index is 0.525. The number of fused-ring (bicyclic) bond motifs is 1. The van der Waals surface area contributed by atoms with E-state index in [4.69, 9.17) is 19.6 Å². The highest BCUT2D eigenvalue weighted by atomic mass is 16.5. The lowest BCUT2D eigenvalue weighted by molar-refractivity contribution is 0.332. The van der Waals surface area contributed by atoms with Crippen LogP contribution < -0.4 is 14.8 Å². The van der Waals surface area contributed by atoms with Gasteiger partial charge >= 0.3 is 0 Å². The molecule has 5 rings (SSSR count). The summed E-state index contributed by atoms with van der Waals surface area (Å²) in [7, 11) is 1.67. The zero-order valence-corrected chi connectivity index (χ0v) is 20.4. The summed E-state index contributed by atoms with van der Waals surface area (Å²) in [4.78, 5) is 9.05. The normalized spacial score (nSPS) is 11.1. The van der Waals surface area contributed by atoms with Crippen LogP contribution in [0.3, 0.4) is 0 Å². The molecule has 9 heteroatoms. The molecule has 0 fully saturated rings. The summed E-state index contributed by atoms with van der Waals surface area (Å²) in [6, 6.07) is 22.2. The summed E-state index contributed by atoms with van der Waals surface area (Å²) in [5.74, 6) is 3.95. The van der Waals surface area contributed by atoms with Gasteiger partial charge in [0.15, 0.2) is 11.5 Å². The van der Waals surface area contributed by atoms with E-state index in [0.717, 1.165) is 59.3 Å². The van der Waals surface area contributed by atoms with Gasteiger partial charge in [-0.3, -0.25) is 5.10 Å². The van der Waals surface area contributed by atoms with Gasteiger partial charge in [-0.15, -0.1) is 5.10 Å². The van der Waals surface area contributed by atoms with Crippen molar-refractivity contribution in [3.05, 3.63) is 83.9 Å². The van der Waals surface area contributed by atoms with Crippen molar-refractivity contribution in [3.8, 4) is 22.8 Å². The molecule has 3 heterocycles. The zero-order valence-electron chi connectivity index (χ0n) is 20.4. The molecule has 0 unspecified atom stereocenters. The summed E-state index contributed by atoms with van der Waals surface area (Å²) in [5, 5.41) is 14.9. The summed E-state index contributed by atoms with van der Waals surface area (Å²) in [6.45, 7) is 3.18. The second-order valence-electron chi connectivity index (χ2n) is 8.32. The number of benzene rings is 2. The van der Waals surface area contributed by atoms with Crippen LogP contribution in [0.2, 0.25) is 0 Å². The van der Waals surface area contributed by atoms with E-state index in [1.165, 1.54) is 5.56 Å². The van der Waals surface area contributed by atoms with Crippen LogP contribution in [0.25, 0.3) is 16.9 Å². The number of aromatic amines is 1. The summed E-state index contributed by atoms with van der Waals surface area (Å²) >= 11 is 0. The van der Waals surface area contributed by atoms with Crippen LogP contribution in [0.4, 0.5) is 5.95 Å². The summed E-state index contributed by atoms with van der Waals surface area (Å²) < 4.78 is 13.0. The Balaban J connectivity index is 1.15. The Kier molecular flexibility index (Phi) is 7.07. The molecule has 2 aromatic carbocycles. The Labute approximate surface area is 209 Å². The van der Waals surface area contributed by atoms with Gasteiger partial charge in [-0.2, -0.15) is 10.1 Å². The molecule has 0 amide bonds. The van der Waals surface area contributed by atoms with Gasteiger partial charge in [0.2, 0.25) is 5.95 Å². The van der Waals surface area contributed by atoms with Crippen LogP contribution in [0.1, 0.15) is 24.1 Å². The molecule has 0 aliphatic heterocycles. The Morgan fingerprint density at radius 1 is 0.917 bits per heavy atom. The molecule has 0 atom stereocenters. The number of hydrogen-bond donors (Lipinski definition) is 2. The second-order valence-corrected chi connectivity index (χ2v) is 8.32. The van der Waals surface area contributed by atoms with Gasteiger partial charge in [-0.05, 0) is 60.5 Å². The van der Waals surface area contributed by atoms with E-state index >= 15 is 0 Å². The minimum Gasteiger partial charge on any atom is -0.497 e. The Hall–Kier alpha value is -4.40. The number of anilines is 1. The average molecular weight is 484 g/mol. The number of pyridine rings is 1. The van der Waals surface area contributed by atoms with Crippen LogP contribution in [-0.4, -0.2) is 50.0 Å². The van der Waals surface area contributed by atoms with Crippen LogP contribution in [-0.2, 0) is 19.3 Å². The highest BCUT2D eigenvalue weighted by molar-refractivity contribution is 5.63. The molecule has 2 N–H and O–H groups in total. The summed E-state index contributed by atoms with van der Waals surface area (Å²) in [5.41, 5.74) is 4.11. The first-order valence-corrected chi connectivity index (χ1v) is 12.1. The van der Waals surface area contributed by atoms with Gasteiger partial charge in [-0.1, -0.05) is 25.1 Å². The van der Waals surface area contributed by atoms with E-state index in [2.05, 4.69) is 38.7 Å². The van der Waals surface area contributed by atoms with E-state index < -0.39 is 0 Å². The van der Waals surface area contributed by atoms with Crippen molar-refractivity contribution in [3.63, 3.8) is 0 Å². The van der Waals surface area contributed by atoms with Gasteiger partial charge in [0.1, 0.15) is 23.9 Å². The fourth-order valence-electron chi connectivity index (χ4n) is 3.91. The Bertz CT molecular complexity index is 1410. The predicted octanol–water partition coefficient (Wildman–Crippen LogP) is 4.36. The molecular formula is C27H29N7O2. The largest absolute Gasteiger partial charge is 0.497 e. The molecule has 184 valence electrons. The molecule has 0 aliphatic rings. The number of aromatic nitrogens is 6. The molecule has 0 bridgehead atoms. The first kappa shape index (κ1) is 23.3. The van der Waals surface area contributed by atoms with E-state index in [0.29, 0.717) is 19.1 Å². The highest BCUT2D eigenvalue weighted by Gasteiger charge is 2.10. The number of H-pyrrole nitrogens is 1. The topological polar surface area (TPSA) is 102 Å². The van der Waals surface area contributed by atoms with Crippen molar-refractivity contribution in [1.82, 2.24) is 29.8 Å². The SMILES string of the molecule is CCc1nc(NCCOc2ccc(CCc3nc4cccc(-c5ccc(OC)cc5)n4n3)cc2)n[nH]1. The summed E-state index contributed by atoms with van der Waals surface area (Å²) in [6.07, 6.45) is 2.43. The van der Waals surface area contributed by atoms with Gasteiger partial charge in [0.25, 0.3) is 0 Å². The lowest BCUT2D eigenvalue weighted by atomic mass is 10.1. The molecule has 3 aromatic heterocycles. The van der Waals surface area contributed by atoms with Crippen molar-refractivity contribution in [2.24, 2.45) is 0 Å². The van der Waals surface area contributed by atoms with Crippen molar-refractivity contribution < 1.29 is 9.47 Å². The van der Waals surface area contributed by atoms with Crippen molar-refractivity contribution in [2.45, 2.75) is 26.2 Å². The second kappa shape index (κ2) is 10.9. The number of ether oxygens (including phenoxy) is 2. The van der Waals surface area contributed by atoms with E-state index in [9.17, 15) is 0 Å². The molecule has 9 nitrogen and oxygen atoms in total. The number of aryl methyl sites for hydroxylation is 3. The molecule has 36 heavy (non-hydrogen) atoms. The average Bonchev–Trinajstić information content (AvgIpc) is 3.57. The Morgan fingerprint density at radius 3 is 2.47 bits per heavy atom. The van der Waals surface area contributed by atoms with Crippen molar-refractivity contribution in [2.75, 3.05) is 25.6 Å². The fourth-order valence-corrected chi connectivity index (χ4v) is 3.91. The van der Waals surface area contributed by atoms with E-state index in [1.807, 2.05) is 60.0 Å². The van der Waals surface area contributed by atoms with Gasteiger partial charge in [0, 0.05) is 18.4 Å². The molecule has 0 saturated carbocycles. The highest BCUT2D eigenvalue weighted by Crippen LogP contribution is 2.23. The van der Waals surface area contributed by atoms with Gasteiger partial charge < -0.3 is 14.8 Å². The van der Waals surface area contributed by atoms with Crippen LogP contribution in [0.5, 0.6) is 11.5 Å². The number of rotatable bonds is 11. The molecular weight excluding hydrogens is 454 g/mol. The van der Waals surface area contributed by atoms with Crippen LogP contribution in [0, 0.1) is 0 Å². The van der Waals surface area contributed by atoms with E-state index in [-0.39, 0.29) is 0 Å². The van der Waals surface area contributed by atoms with Gasteiger partial charge in [-0.25, -0.2) is 9.50 Å². The third-order valence-corrected chi connectivity index (χ3v) is 5.87. The number of methoxy groups -OCH3 is 1. The van der Waals surface area contributed by atoms with E-state index in [1.54, 1.807) is 7.11 Å². The van der Waals surface area contributed by atoms with Gasteiger partial charge in [0.05, 0.1) is 19.3 Å². The zero-order chi connectivity index (χ0) is 24.7. The number of hydrogen-bond acceptors (Lipinski definition) is 7. The molecule has 0 radical (unpaired) electrons. The maximum Gasteiger partial charge on any atom is 0.242 e. The van der Waals surface area contributed by atoms with Crippen LogP contribution >= 0.6 is 0 Å². The predicted molar refractivity (Wildman–Crippen MR) is 139 cm³/mol. The first-order valence-electron chi connectivity index (χ1n) is 12.1. The van der Waals surface area contributed by atoms with Crippen molar-refractivity contribution >= 4 is 11.6 Å². The minimum atomic E-state index is 0.525. The number of nitrogens with zero attached hydrogens (tertiary/aromatic N) is 5. The third kappa shape index (κ3) is 5.46. The maximum absolute atomic E-state index is 5.82. The smallest absolute Gasteiger partial charge is 0.242 e. The lowest BCUT2D eigenvalue weighted by Gasteiger charge is -2.07. The lowest BCUT2D eigenvalue weighted by Crippen LogP contribution is -2.12. The standard InChI is InChI=1S/C27H29N7O2/c1-3-24-30-27(32-31-24)28-17-18-36-22-12-7-19(8-13-22)9-16-25-29-26-6-4-5-23(34(26)33-25)20-10-14-21(35-2)15-11-20/h4-8,10-15H,3,9,16-18H2,1-2H3,(H2,28,30,31,32). The third-order valence-electron chi connectivity index (χ3n) is 5.87. The Morgan fingerprint density at radius 2 is 1.72 bits per heavy atom. The van der Waals surface area contributed by atoms with Crippen molar-refractivity contribution in [1.29, 1.82) is 0 Å². The van der Waals surface area contributed by atoms with Crippen LogP contribution in [0.15, 0.2) is 66.7 Å². The molecule has 0 aliphatic carbocycles. The number of nitrogens with one attached hydrogen (secondary N) is 2. The molecule has 5 aromatic rings. The quantitative estimate of drug-likeness (QED) is 0.269. The first-order chi connectivity index (χ1) is 17.7. The fraction of sp³-hybridized carbons (Fsp3) is 0.259. The molecule has 0 spiro atoms. The maximum atomic E-state index is 5.82. The molecule has 0 saturated heterocycles. The monoisotopic (exact) mass is 483 g/mol.